The Morgan fingerprint density at radius 3 is 2.33 bits per heavy atom. The fourth-order valence-electron chi connectivity index (χ4n) is 2.58. The van der Waals surface area contributed by atoms with Crippen molar-refractivity contribution < 1.29 is 9.53 Å². The molecule has 1 aliphatic heterocycles. The van der Waals surface area contributed by atoms with Crippen LogP contribution in [0.5, 0.6) is 5.75 Å². The number of carbonyl (C=O) groups excluding carboxylic acids is 1. The summed E-state index contributed by atoms with van der Waals surface area (Å²) in [5, 5.41) is 0. The molecule has 5 nitrogen and oxygen atoms in total. The third-order valence-electron chi connectivity index (χ3n) is 3.75. The molecule has 116 valence electrons. The fraction of sp³-hybridized carbons (Fsp3) is 0.562. The minimum atomic E-state index is -0.322. The molecule has 0 aliphatic carbocycles. The van der Waals surface area contributed by atoms with Crippen LogP contribution in [0.3, 0.4) is 0 Å². The van der Waals surface area contributed by atoms with Gasteiger partial charge in [-0.05, 0) is 18.2 Å². The Hall–Kier alpha value is -1.91. The van der Waals surface area contributed by atoms with E-state index in [0.717, 1.165) is 43.3 Å². The maximum Gasteiger partial charge on any atom is 0.228 e. The number of anilines is 2. The first-order valence-corrected chi connectivity index (χ1v) is 7.31. The van der Waals surface area contributed by atoms with E-state index < -0.39 is 0 Å². The molecule has 21 heavy (non-hydrogen) atoms. The van der Waals surface area contributed by atoms with Crippen molar-refractivity contribution in [2.75, 3.05) is 43.9 Å². The largest absolute Gasteiger partial charge is 0.495 e. The smallest absolute Gasteiger partial charge is 0.228 e. The van der Waals surface area contributed by atoms with Crippen molar-refractivity contribution in [1.29, 1.82) is 0 Å². The molecule has 2 N–H and O–H groups in total. The third kappa shape index (κ3) is 3.40. The maximum absolute atomic E-state index is 12.3. The van der Waals surface area contributed by atoms with E-state index in [2.05, 4.69) is 4.90 Å². The highest BCUT2D eigenvalue weighted by atomic mass is 16.5. The summed E-state index contributed by atoms with van der Waals surface area (Å²) < 4.78 is 5.40. The molecule has 0 atom stereocenters. The van der Waals surface area contributed by atoms with E-state index >= 15 is 0 Å². The van der Waals surface area contributed by atoms with E-state index in [1.807, 2.05) is 43.9 Å². The monoisotopic (exact) mass is 291 g/mol. The van der Waals surface area contributed by atoms with Gasteiger partial charge < -0.3 is 20.3 Å². The van der Waals surface area contributed by atoms with Gasteiger partial charge in [-0.1, -0.05) is 20.8 Å². The van der Waals surface area contributed by atoms with E-state index in [1.165, 1.54) is 0 Å². The molecule has 1 aromatic carbocycles. The Labute approximate surface area is 126 Å². The van der Waals surface area contributed by atoms with Crippen molar-refractivity contribution in [3.05, 3.63) is 18.2 Å². The first-order chi connectivity index (χ1) is 9.82. The van der Waals surface area contributed by atoms with Crippen LogP contribution >= 0.6 is 0 Å². The number of methoxy groups -OCH3 is 1. The fourth-order valence-corrected chi connectivity index (χ4v) is 2.58. The van der Waals surface area contributed by atoms with Gasteiger partial charge in [-0.15, -0.1) is 0 Å². The zero-order chi connectivity index (χ0) is 15.6. The Kier molecular flexibility index (Phi) is 4.30. The predicted molar refractivity (Wildman–Crippen MR) is 85.7 cm³/mol. The van der Waals surface area contributed by atoms with Crippen LogP contribution < -0.4 is 15.4 Å². The molecule has 0 spiro atoms. The third-order valence-corrected chi connectivity index (χ3v) is 3.75. The summed E-state index contributed by atoms with van der Waals surface area (Å²) in [6.45, 7) is 8.93. The van der Waals surface area contributed by atoms with Gasteiger partial charge in [0.15, 0.2) is 0 Å². The highest BCUT2D eigenvalue weighted by Crippen LogP contribution is 2.31. The van der Waals surface area contributed by atoms with Crippen LogP contribution in [0.2, 0.25) is 0 Å². The quantitative estimate of drug-likeness (QED) is 0.846. The van der Waals surface area contributed by atoms with E-state index in [4.69, 9.17) is 10.5 Å². The molecule has 1 aliphatic rings. The SMILES string of the molecule is COc1ccc(N)cc1N1CCN(C(=O)C(C)(C)C)CC1. The number of carbonyl (C=O) groups is 1. The molecule has 1 amide bonds. The molecular formula is C16H25N3O2. The predicted octanol–water partition coefficient (Wildman–Crippen LogP) is 1.97. The standard InChI is InChI=1S/C16H25N3O2/c1-16(2,3)15(20)19-9-7-18(8-10-19)13-11-12(17)5-6-14(13)21-4/h5-6,11H,7-10,17H2,1-4H3. The molecule has 0 saturated carbocycles. The molecule has 1 saturated heterocycles. The summed E-state index contributed by atoms with van der Waals surface area (Å²) in [4.78, 5) is 16.5. The van der Waals surface area contributed by atoms with Gasteiger partial charge in [0.1, 0.15) is 5.75 Å². The van der Waals surface area contributed by atoms with E-state index in [1.54, 1.807) is 7.11 Å². The number of amides is 1. The summed E-state index contributed by atoms with van der Waals surface area (Å²) in [5.41, 5.74) is 7.27. The van der Waals surface area contributed by atoms with Crippen LogP contribution in [0.25, 0.3) is 0 Å². The Balaban J connectivity index is 2.08. The first-order valence-electron chi connectivity index (χ1n) is 7.31. The van der Waals surface area contributed by atoms with Gasteiger partial charge in [-0.3, -0.25) is 4.79 Å². The normalized spacial score (nSPS) is 16.0. The van der Waals surface area contributed by atoms with Gasteiger partial charge in [-0.25, -0.2) is 0 Å². The summed E-state index contributed by atoms with van der Waals surface area (Å²) in [6, 6.07) is 5.65. The molecular weight excluding hydrogens is 266 g/mol. The highest BCUT2D eigenvalue weighted by Gasteiger charge is 2.30. The van der Waals surface area contributed by atoms with Crippen molar-refractivity contribution in [2.45, 2.75) is 20.8 Å². The molecule has 1 aromatic rings. The number of nitrogen functional groups attached to an aromatic ring is 1. The second-order valence-corrected chi connectivity index (χ2v) is 6.46. The average molecular weight is 291 g/mol. The van der Waals surface area contributed by atoms with Crippen LogP contribution in [0.4, 0.5) is 11.4 Å². The number of piperazine rings is 1. The molecule has 2 rings (SSSR count). The van der Waals surface area contributed by atoms with Crippen molar-refractivity contribution in [2.24, 2.45) is 5.41 Å². The summed E-state index contributed by atoms with van der Waals surface area (Å²) in [5.74, 6) is 1.03. The lowest BCUT2D eigenvalue weighted by Gasteiger charge is -2.39. The van der Waals surface area contributed by atoms with Gasteiger partial charge in [0, 0.05) is 37.3 Å². The van der Waals surface area contributed by atoms with Crippen LogP contribution in [-0.4, -0.2) is 44.1 Å². The molecule has 1 heterocycles. The number of nitrogens with two attached hydrogens (primary N) is 1. The summed E-state index contributed by atoms with van der Waals surface area (Å²) in [6.07, 6.45) is 0. The number of benzene rings is 1. The number of nitrogens with zero attached hydrogens (tertiary/aromatic N) is 2. The van der Waals surface area contributed by atoms with Crippen LogP contribution in [0.15, 0.2) is 18.2 Å². The van der Waals surface area contributed by atoms with Gasteiger partial charge >= 0.3 is 0 Å². The molecule has 5 heteroatoms. The van der Waals surface area contributed by atoms with E-state index in [9.17, 15) is 4.79 Å². The Morgan fingerprint density at radius 1 is 1.19 bits per heavy atom. The number of ether oxygens (including phenoxy) is 1. The lowest BCUT2D eigenvalue weighted by atomic mass is 9.94. The summed E-state index contributed by atoms with van der Waals surface area (Å²) in [7, 11) is 1.66. The lowest BCUT2D eigenvalue weighted by molar-refractivity contribution is -0.139. The number of hydrogen-bond donors (Lipinski definition) is 1. The van der Waals surface area contributed by atoms with Crippen molar-refractivity contribution in [3.8, 4) is 5.75 Å². The van der Waals surface area contributed by atoms with E-state index in [0.29, 0.717) is 0 Å². The highest BCUT2D eigenvalue weighted by molar-refractivity contribution is 5.82. The maximum atomic E-state index is 12.3. The Morgan fingerprint density at radius 2 is 1.81 bits per heavy atom. The molecule has 1 fully saturated rings. The van der Waals surface area contributed by atoms with Crippen molar-refractivity contribution in [3.63, 3.8) is 0 Å². The summed E-state index contributed by atoms with van der Waals surface area (Å²) >= 11 is 0. The van der Waals surface area contributed by atoms with Gasteiger partial charge in [0.2, 0.25) is 5.91 Å². The lowest BCUT2D eigenvalue weighted by Crippen LogP contribution is -2.51. The van der Waals surface area contributed by atoms with Crippen molar-refractivity contribution >= 4 is 17.3 Å². The van der Waals surface area contributed by atoms with Gasteiger partial charge in [0.05, 0.1) is 12.8 Å². The van der Waals surface area contributed by atoms with E-state index in [-0.39, 0.29) is 11.3 Å². The van der Waals surface area contributed by atoms with Crippen molar-refractivity contribution in [1.82, 2.24) is 4.90 Å². The Bertz CT molecular complexity index is 515. The van der Waals surface area contributed by atoms with Crippen LogP contribution in [-0.2, 0) is 4.79 Å². The van der Waals surface area contributed by atoms with Crippen LogP contribution in [0, 0.1) is 5.41 Å². The molecule has 0 radical (unpaired) electrons. The minimum absolute atomic E-state index is 0.210. The van der Waals surface area contributed by atoms with Gasteiger partial charge in [-0.2, -0.15) is 0 Å². The van der Waals surface area contributed by atoms with Crippen LogP contribution in [0.1, 0.15) is 20.8 Å². The first kappa shape index (κ1) is 15.5. The van der Waals surface area contributed by atoms with Gasteiger partial charge in [0.25, 0.3) is 0 Å². The molecule has 0 aromatic heterocycles. The second kappa shape index (κ2) is 5.84. The number of rotatable bonds is 2. The minimum Gasteiger partial charge on any atom is -0.495 e. The zero-order valence-corrected chi connectivity index (χ0v) is 13.3. The average Bonchev–Trinajstić information content (AvgIpc) is 2.45. The molecule has 0 unspecified atom stereocenters. The zero-order valence-electron chi connectivity index (χ0n) is 13.3. The number of hydrogen-bond acceptors (Lipinski definition) is 4. The second-order valence-electron chi connectivity index (χ2n) is 6.46. The molecule has 0 bridgehead atoms. The topological polar surface area (TPSA) is 58.8 Å².